The minimum absolute atomic E-state index is 0.0164. The molecule has 0 radical (unpaired) electrons. The summed E-state index contributed by atoms with van der Waals surface area (Å²) < 4.78 is 34.0. The molecule has 0 aromatic heterocycles. The van der Waals surface area contributed by atoms with Gasteiger partial charge in [0.1, 0.15) is 18.3 Å². The fourth-order valence-electron chi connectivity index (χ4n) is 4.13. The number of anilines is 1. The highest BCUT2D eigenvalue weighted by atomic mass is 35.5. The van der Waals surface area contributed by atoms with Crippen LogP contribution in [0.3, 0.4) is 0 Å². The summed E-state index contributed by atoms with van der Waals surface area (Å²) in [6, 6.07) is 18.3. The monoisotopic (exact) mass is 605 g/mol. The van der Waals surface area contributed by atoms with Gasteiger partial charge < -0.3 is 15.0 Å². The average Bonchev–Trinajstić information content (AvgIpc) is 2.95. The Hall–Kier alpha value is -3.27. The molecular weight excluding hydrogens is 573 g/mol. The molecule has 2 amide bonds. The van der Waals surface area contributed by atoms with Crippen molar-refractivity contribution in [3.63, 3.8) is 0 Å². The number of carbonyl (C=O) groups is 2. The first-order valence-electron chi connectivity index (χ1n) is 12.8. The molecule has 0 saturated carbocycles. The Morgan fingerprint density at radius 3 is 2.27 bits per heavy atom. The lowest BCUT2D eigenvalue weighted by atomic mass is 10.1. The zero-order chi connectivity index (χ0) is 29.3. The Kier molecular flexibility index (Phi) is 11.2. The number of methoxy groups -OCH3 is 1. The van der Waals surface area contributed by atoms with Gasteiger partial charge in [0.15, 0.2) is 0 Å². The van der Waals surface area contributed by atoms with E-state index in [0.717, 1.165) is 10.7 Å². The van der Waals surface area contributed by atoms with Crippen molar-refractivity contribution in [1.29, 1.82) is 0 Å². The summed E-state index contributed by atoms with van der Waals surface area (Å²) in [5.41, 5.74) is 0.837. The number of nitrogens with zero attached hydrogens (tertiary/aromatic N) is 2. The number of halogens is 2. The Balaban J connectivity index is 2.06. The van der Waals surface area contributed by atoms with Crippen LogP contribution in [0.1, 0.15) is 32.3 Å². The number of hydrogen-bond donors (Lipinski definition) is 1. The molecule has 0 aliphatic heterocycles. The first kappa shape index (κ1) is 31.3. The summed E-state index contributed by atoms with van der Waals surface area (Å²) in [5.74, 6) is -0.410. The van der Waals surface area contributed by atoms with E-state index in [2.05, 4.69) is 5.32 Å². The quantitative estimate of drug-likeness (QED) is 0.276. The van der Waals surface area contributed by atoms with Crippen molar-refractivity contribution in [2.45, 2.75) is 44.2 Å². The van der Waals surface area contributed by atoms with E-state index < -0.39 is 28.5 Å². The zero-order valence-corrected chi connectivity index (χ0v) is 25.0. The highest BCUT2D eigenvalue weighted by Gasteiger charge is 2.34. The van der Waals surface area contributed by atoms with E-state index >= 15 is 0 Å². The van der Waals surface area contributed by atoms with Gasteiger partial charge in [0.05, 0.1) is 17.7 Å². The second kappa shape index (κ2) is 14.4. The Morgan fingerprint density at radius 1 is 0.975 bits per heavy atom. The smallest absolute Gasteiger partial charge is 0.264 e. The Bertz CT molecular complexity index is 1420. The van der Waals surface area contributed by atoms with Crippen molar-refractivity contribution in [3.8, 4) is 5.75 Å². The second-order valence-electron chi connectivity index (χ2n) is 9.00. The number of carbonyl (C=O) groups excluding carboxylic acids is 2. The zero-order valence-electron chi connectivity index (χ0n) is 22.6. The summed E-state index contributed by atoms with van der Waals surface area (Å²) in [7, 11) is -2.75. The fraction of sp³-hybridized carbons (Fsp3) is 0.310. The van der Waals surface area contributed by atoms with Crippen LogP contribution in [-0.4, -0.2) is 51.4 Å². The SMILES string of the molecule is CCCNC(=O)[C@H](CC)N(Cc1ccccc1Cl)C(=O)CN(c1cccc(Cl)c1)S(=O)(=O)c1ccc(OC)cc1. The van der Waals surface area contributed by atoms with Gasteiger partial charge in [-0.15, -0.1) is 0 Å². The van der Waals surface area contributed by atoms with E-state index in [1.165, 1.54) is 42.3 Å². The third kappa shape index (κ3) is 7.68. The predicted molar refractivity (Wildman–Crippen MR) is 158 cm³/mol. The van der Waals surface area contributed by atoms with Crippen molar-refractivity contribution in [1.82, 2.24) is 10.2 Å². The predicted octanol–water partition coefficient (Wildman–Crippen LogP) is 5.53. The molecule has 40 heavy (non-hydrogen) atoms. The van der Waals surface area contributed by atoms with Crippen LogP contribution in [0.15, 0.2) is 77.7 Å². The van der Waals surface area contributed by atoms with Gasteiger partial charge in [-0.2, -0.15) is 0 Å². The van der Waals surface area contributed by atoms with Crippen LogP contribution < -0.4 is 14.4 Å². The molecule has 0 saturated heterocycles. The number of ether oxygens (including phenoxy) is 1. The number of nitrogens with one attached hydrogen (secondary N) is 1. The van der Waals surface area contributed by atoms with Crippen molar-refractivity contribution < 1.29 is 22.7 Å². The lowest BCUT2D eigenvalue weighted by Crippen LogP contribution is -2.52. The molecular formula is C29H33Cl2N3O5S. The van der Waals surface area contributed by atoms with E-state index in [0.29, 0.717) is 34.3 Å². The van der Waals surface area contributed by atoms with E-state index in [-0.39, 0.29) is 23.0 Å². The van der Waals surface area contributed by atoms with Gasteiger partial charge in [-0.1, -0.05) is 61.3 Å². The molecule has 0 unspecified atom stereocenters. The highest BCUT2D eigenvalue weighted by molar-refractivity contribution is 7.92. The molecule has 3 aromatic carbocycles. The number of hydrogen-bond acceptors (Lipinski definition) is 5. The minimum atomic E-state index is -4.23. The van der Waals surface area contributed by atoms with Crippen molar-refractivity contribution in [3.05, 3.63) is 88.4 Å². The summed E-state index contributed by atoms with van der Waals surface area (Å²) in [6.45, 7) is 3.62. The number of benzene rings is 3. The summed E-state index contributed by atoms with van der Waals surface area (Å²) in [5, 5.41) is 3.59. The van der Waals surface area contributed by atoms with Crippen LogP contribution in [0.4, 0.5) is 5.69 Å². The van der Waals surface area contributed by atoms with Gasteiger partial charge in [-0.25, -0.2) is 8.42 Å². The minimum Gasteiger partial charge on any atom is -0.497 e. The number of amides is 2. The van der Waals surface area contributed by atoms with Gasteiger partial charge in [-0.05, 0) is 66.9 Å². The van der Waals surface area contributed by atoms with Gasteiger partial charge in [0, 0.05) is 23.1 Å². The maximum atomic E-state index is 14.0. The first-order valence-corrected chi connectivity index (χ1v) is 15.0. The molecule has 0 aliphatic rings. The van der Waals surface area contributed by atoms with E-state index in [1.54, 1.807) is 49.4 Å². The van der Waals surface area contributed by atoms with E-state index in [9.17, 15) is 18.0 Å². The van der Waals surface area contributed by atoms with Crippen LogP contribution in [0, 0.1) is 0 Å². The van der Waals surface area contributed by atoms with Crippen LogP contribution in [0.25, 0.3) is 0 Å². The lowest BCUT2D eigenvalue weighted by molar-refractivity contribution is -0.140. The molecule has 3 rings (SSSR count). The molecule has 214 valence electrons. The maximum Gasteiger partial charge on any atom is 0.264 e. The lowest BCUT2D eigenvalue weighted by Gasteiger charge is -2.33. The molecule has 11 heteroatoms. The summed E-state index contributed by atoms with van der Waals surface area (Å²) in [4.78, 5) is 28.5. The highest BCUT2D eigenvalue weighted by Crippen LogP contribution is 2.28. The van der Waals surface area contributed by atoms with Crippen LogP contribution >= 0.6 is 23.2 Å². The summed E-state index contributed by atoms with van der Waals surface area (Å²) >= 11 is 12.6. The molecule has 0 heterocycles. The van der Waals surface area contributed by atoms with Crippen molar-refractivity contribution in [2.24, 2.45) is 0 Å². The molecule has 1 atom stereocenters. The fourth-order valence-corrected chi connectivity index (χ4v) is 5.92. The molecule has 0 bridgehead atoms. The Labute approximate surface area is 245 Å². The number of sulfonamides is 1. The van der Waals surface area contributed by atoms with Gasteiger partial charge in [0.2, 0.25) is 11.8 Å². The molecule has 3 aromatic rings. The van der Waals surface area contributed by atoms with E-state index in [1.807, 2.05) is 6.92 Å². The van der Waals surface area contributed by atoms with Crippen molar-refractivity contribution >= 4 is 50.7 Å². The average molecular weight is 607 g/mol. The van der Waals surface area contributed by atoms with Crippen LogP contribution in [0.5, 0.6) is 5.75 Å². The van der Waals surface area contributed by atoms with Gasteiger partial charge in [0.25, 0.3) is 10.0 Å². The van der Waals surface area contributed by atoms with E-state index in [4.69, 9.17) is 27.9 Å². The third-order valence-corrected chi connectivity index (χ3v) is 8.65. The first-order chi connectivity index (χ1) is 19.1. The molecule has 0 spiro atoms. The summed E-state index contributed by atoms with van der Waals surface area (Å²) in [6.07, 6.45) is 1.04. The molecule has 1 N–H and O–H groups in total. The largest absolute Gasteiger partial charge is 0.497 e. The third-order valence-electron chi connectivity index (χ3n) is 6.26. The second-order valence-corrected chi connectivity index (χ2v) is 11.7. The van der Waals surface area contributed by atoms with Crippen LogP contribution in [0.2, 0.25) is 10.0 Å². The topological polar surface area (TPSA) is 96.0 Å². The molecule has 0 aliphatic carbocycles. The van der Waals surface area contributed by atoms with Gasteiger partial charge in [-0.3, -0.25) is 13.9 Å². The molecule has 0 fully saturated rings. The normalized spacial score (nSPS) is 11.9. The van der Waals surface area contributed by atoms with Crippen molar-refractivity contribution in [2.75, 3.05) is 24.5 Å². The number of rotatable bonds is 13. The van der Waals surface area contributed by atoms with Gasteiger partial charge >= 0.3 is 0 Å². The standard InChI is InChI=1S/C29H33Cl2N3O5S/c1-4-17-32-29(36)27(5-2)33(19-21-9-6-7-12-26(21)31)28(35)20-34(23-11-8-10-22(30)18-23)40(37,38)25-15-13-24(39-3)14-16-25/h6-16,18,27H,4-5,17,19-20H2,1-3H3,(H,32,36)/t27-/m0/s1. The van der Waals surface area contributed by atoms with Crippen LogP contribution in [-0.2, 0) is 26.2 Å². The molecule has 8 nitrogen and oxygen atoms in total. The Morgan fingerprint density at radius 2 is 1.68 bits per heavy atom. The maximum absolute atomic E-state index is 14.0.